The minimum absolute atomic E-state index is 0.0253. The van der Waals surface area contributed by atoms with Crippen LogP contribution in [0.3, 0.4) is 0 Å². The molecule has 0 aromatic heterocycles. The van der Waals surface area contributed by atoms with Gasteiger partial charge in [0, 0.05) is 6.42 Å². The molecule has 0 N–H and O–H groups in total. The fourth-order valence-electron chi connectivity index (χ4n) is 3.59. The van der Waals surface area contributed by atoms with E-state index in [1.165, 1.54) is 96.3 Å². The highest BCUT2D eigenvalue weighted by Gasteiger charge is 2.08. The van der Waals surface area contributed by atoms with Crippen LogP contribution in [0.2, 0.25) is 0 Å². The van der Waals surface area contributed by atoms with E-state index in [2.05, 4.69) is 13.8 Å². The van der Waals surface area contributed by atoms with Gasteiger partial charge in [-0.15, -0.1) is 0 Å². The van der Waals surface area contributed by atoms with Gasteiger partial charge in [-0.05, 0) is 25.7 Å². The average molecular weight is 355 g/mol. The molecule has 0 heterocycles. The Hall–Kier alpha value is -0.530. The van der Waals surface area contributed by atoms with E-state index in [0.29, 0.717) is 13.0 Å². The number of hydrogen-bond donors (Lipinski definition) is 0. The summed E-state index contributed by atoms with van der Waals surface area (Å²) in [6.07, 6.45) is 22.4. The van der Waals surface area contributed by atoms with Crippen molar-refractivity contribution in [3.63, 3.8) is 0 Å². The maximum atomic E-state index is 11.4. The first kappa shape index (κ1) is 24.5. The summed E-state index contributed by atoms with van der Waals surface area (Å²) in [7, 11) is 0. The Labute approximate surface area is 158 Å². The molecule has 2 nitrogen and oxygen atoms in total. The Balaban J connectivity index is 3.34. The molecule has 0 aliphatic heterocycles. The van der Waals surface area contributed by atoms with Crippen molar-refractivity contribution < 1.29 is 9.53 Å². The minimum Gasteiger partial charge on any atom is -0.466 e. The predicted molar refractivity (Wildman–Crippen MR) is 110 cm³/mol. The number of carbonyl (C=O) groups is 1. The quantitative estimate of drug-likeness (QED) is 0.174. The summed E-state index contributed by atoms with van der Waals surface area (Å²) in [4.78, 5) is 11.4. The maximum Gasteiger partial charge on any atom is 0.305 e. The Bertz CT molecular complexity index is 275. The lowest BCUT2D eigenvalue weighted by molar-refractivity contribution is -0.143. The Kier molecular flexibility index (Phi) is 19.4. The second kappa shape index (κ2) is 19.8. The topological polar surface area (TPSA) is 26.3 Å². The second-order valence-electron chi connectivity index (χ2n) is 7.65. The summed E-state index contributed by atoms with van der Waals surface area (Å²) in [5, 5.41) is 0. The zero-order chi connectivity index (χ0) is 18.6. The van der Waals surface area contributed by atoms with Crippen LogP contribution < -0.4 is 0 Å². The molecular weight excluding hydrogens is 308 g/mol. The van der Waals surface area contributed by atoms with Crippen LogP contribution in [0.25, 0.3) is 0 Å². The van der Waals surface area contributed by atoms with E-state index in [4.69, 9.17) is 4.74 Å². The standard InChI is InChI=1S/C23H46O2/c1-4-7-8-9-10-11-12-13-14-15-16-17-19-22(5-2)20-18-21-23(24)25-6-3/h22H,4-21H2,1-3H3. The molecule has 0 aliphatic rings. The summed E-state index contributed by atoms with van der Waals surface area (Å²) in [6.45, 7) is 6.96. The molecule has 0 saturated carbocycles. The van der Waals surface area contributed by atoms with Gasteiger partial charge in [-0.25, -0.2) is 0 Å². The zero-order valence-electron chi connectivity index (χ0n) is 17.6. The van der Waals surface area contributed by atoms with E-state index >= 15 is 0 Å². The number of carbonyl (C=O) groups excluding carboxylic acids is 1. The van der Waals surface area contributed by atoms with Gasteiger partial charge < -0.3 is 4.74 Å². The molecule has 0 aromatic carbocycles. The van der Waals surface area contributed by atoms with E-state index < -0.39 is 0 Å². The van der Waals surface area contributed by atoms with Crippen LogP contribution in [0.1, 0.15) is 130 Å². The van der Waals surface area contributed by atoms with Crippen molar-refractivity contribution in [1.82, 2.24) is 0 Å². The second-order valence-corrected chi connectivity index (χ2v) is 7.65. The first-order valence-electron chi connectivity index (χ1n) is 11.4. The van der Waals surface area contributed by atoms with Crippen molar-refractivity contribution >= 4 is 5.97 Å². The summed E-state index contributed by atoms with van der Waals surface area (Å²) >= 11 is 0. The molecule has 0 fully saturated rings. The third kappa shape index (κ3) is 18.1. The van der Waals surface area contributed by atoms with Gasteiger partial charge in [0.25, 0.3) is 0 Å². The SMILES string of the molecule is CCCCCCCCCCCCCCC(CC)CCCC(=O)OCC. The summed E-state index contributed by atoms with van der Waals surface area (Å²) in [5.41, 5.74) is 0. The molecule has 0 bridgehead atoms. The van der Waals surface area contributed by atoms with Crippen molar-refractivity contribution in [2.45, 2.75) is 130 Å². The number of ether oxygens (including phenoxy) is 1. The molecule has 0 radical (unpaired) electrons. The number of rotatable bonds is 19. The Morgan fingerprint density at radius 2 is 1.16 bits per heavy atom. The molecular formula is C23H46O2. The molecule has 25 heavy (non-hydrogen) atoms. The fraction of sp³-hybridized carbons (Fsp3) is 0.957. The molecule has 1 unspecified atom stereocenters. The van der Waals surface area contributed by atoms with Crippen molar-refractivity contribution in [2.24, 2.45) is 5.92 Å². The van der Waals surface area contributed by atoms with E-state index in [1.807, 2.05) is 6.92 Å². The molecule has 0 spiro atoms. The minimum atomic E-state index is -0.0253. The Morgan fingerprint density at radius 3 is 1.64 bits per heavy atom. The predicted octanol–water partition coefficient (Wildman–Crippen LogP) is 7.84. The van der Waals surface area contributed by atoms with Crippen LogP contribution in [0.4, 0.5) is 0 Å². The van der Waals surface area contributed by atoms with E-state index in [1.54, 1.807) is 0 Å². The van der Waals surface area contributed by atoms with Crippen LogP contribution in [0.15, 0.2) is 0 Å². The maximum absolute atomic E-state index is 11.4. The first-order chi connectivity index (χ1) is 12.2. The monoisotopic (exact) mass is 354 g/mol. The molecule has 0 aliphatic carbocycles. The lowest BCUT2D eigenvalue weighted by Crippen LogP contribution is -2.05. The number of hydrogen-bond acceptors (Lipinski definition) is 2. The zero-order valence-corrected chi connectivity index (χ0v) is 17.6. The van der Waals surface area contributed by atoms with Crippen molar-refractivity contribution in [3.05, 3.63) is 0 Å². The third-order valence-electron chi connectivity index (χ3n) is 5.34. The molecule has 0 saturated heterocycles. The van der Waals surface area contributed by atoms with E-state index in [-0.39, 0.29) is 5.97 Å². The Morgan fingerprint density at radius 1 is 0.680 bits per heavy atom. The third-order valence-corrected chi connectivity index (χ3v) is 5.34. The van der Waals surface area contributed by atoms with E-state index in [0.717, 1.165) is 12.3 Å². The molecule has 0 rings (SSSR count). The summed E-state index contributed by atoms with van der Waals surface area (Å²) < 4.78 is 5.00. The van der Waals surface area contributed by atoms with Gasteiger partial charge in [0.05, 0.1) is 6.61 Å². The number of unbranched alkanes of at least 4 members (excludes halogenated alkanes) is 11. The van der Waals surface area contributed by atoms with Gasteiger partial charge in [0.15, 0.2) is 0 Å². The van der Waals surface area contributed by atoms with Crippen molar-refractivity contribution in [1.29, 1.82) is 0 Å². The van der Waals surface area contributed by atoms with Crippen LogP contribution in [-0.4, -0.2) is 12.6 Å². The van der Waals surface area contributed by atoms with Gasteiger partial charge in [-0.1, -0.05) is 104 Å². The van der Waals surface area contributed by atoms with Crippen LogP contribution in [0, 0.1) is 5.92 Å². The molecule has 0 amide bonds. The molecule has 2 heteroatoms. The number of esters is 1. The van der Waals surface area contributed by atoms with Crippen LogP contribution in [0.5, 0.6) is 0 Å². The highest BCUT2D eigenvalue weighted by molar-refractivity contribution is 5.69. The normalized spacial score (nSPS) is 12.3. The molecule has 1 atom stereocenters. The summed E-state index contributed by atoms with van der Waals surface area (Å²) in [5.74, 6) is 0.778. The fourth-order valence-corrected chi connectivity index (χ4v) is 3.59. The van der Waals surface area contributed by atoms with Crippen molar-refractivity contribution in [3.8, 4) is 0 Å². The van der Waals surface area contributed by atoms with Gasteiger partial charge >= 0.3 is 5.97 Å². The van der Waals surface area contributed by atoms with Crippen LogP contribution in [-0.2, 0) is 9.53 Å². The molecule has 0 aromatic rings. The molecule has 150 valence electrons. The lowest BCUT2D eigenvalue weighted by atomic mass is 9.93. The average Bonchev–Trinajstić information content (AvgIpc) is 2.61. The summed E-state index contributed by atoms with van der Waals surface area (Å²) in [6, 6.07) is 0. The lowest BCUT2D eigenvalue weighted by Gasteiger charge is -2.14. The first-order valence-corrected chi connectivity index (χ1v) is 11.4. The van der Waals surface area contributed by atoms with Crippen LogP contribution >= 0.6 is 0 Å². The highest BCUT2D eigenvalue weighted by atomic mass is 16.5. The largest absolute Gasteiger partial charge is 0.466 e. The smallest absolute Gasteiger partial charge is 0.305 e. The van der Waals surface area contributed by atoms with Gasteiger partial charge in [0.1, 0.15) is 0 Å². The van der Waals surface area contributed by atoms with Gasteiger partial charge in [-0.3, -0.25) is 4.79 Å². The van der Waals surface area contributed by atoms with E-state index in [9.17, 15) is 4.79 Å². The van der Waals surface area contributed by atoms with Crippen molar-refractivity contribution in [2.75, 3.05) is 6.61 Å². The van der Waals surface area contributed by atoms with Gasteiger partial charge in [-0.2, -0.15) is 0 Å². The highest BCUT2D eigenvalue weighted by Crippen LogP contribution is 2.21. The van der Waals surface area contributed by atoms with Gasteiger partial charge in [0.2, 0.25) is 0 Å².